The molecule has 2 aromatic carbocycles. The van der Waals surface area contributed by atoms with E-state index in [0.717, 1.165) is 22.0 Å². The zero-order valence-corrected chi connectivity index (χ0v) is 14.5. The number of H-pyrrole nitrogens is 1. The lowest BCUT2D eigenvalue weighted by molar-refractivity contribution is -0.0183. The van der Waals surface area contributed by atoms with Crippen LogP contribution >= 0.6 is 0 Å². The zero-order valence-electron chi connectivity index (χ0n) is 14.5. The molecule has 5 nitrogen and oxygen atoms in total. The molecule has 0 saturated carbocycles. The molecule has 26 heavy (non-hydrogen) atoms. The van der Waals surface area contributed by atoms with Gasteiger partial charge in [-0.2, -0.15) is 0 Å². The number of esters is 1. The average molecular weight is 355 g/mol. The number of hydrogen-bond acceptors (Lipinski definition) is 4. The van der Waals surface area contributed by atoms with Gasteiger partial charge in [0, 0.05) is 22.0 Å². The van der Waals surface area contributed by atoms with Crippen molar-refractivity contribution in [1.29, 1.82) is 0 Å². The van der Waals surface area contributed by atoms with Gasteiger partial charge in [-0.05, 0) is 49.2 Å². The Hall–Kier alpha value is -2.86. The van der Waals surface area contributed by atoms with E-state index in [2.05, 4.69) is 11.1 Å². The third-order valence-electron chi connectivity index (χ3n) is 4.42. The largest absolute Gasteiger partial charge is 0.467 e. The number of aryl methyl sites for hydroxylation is 2. The Kier molecular flexibility index (Phi) is 4.12. The summed E-state index contributed by atoms with van der Waals surface area (Å²) in [5.74, 6) is -0.391. The van der Waals surface area contributed by atoms with Crippen LogP contribution in [-0.2, 0) is 22.7 Å². The van der Waals surface area contributed by atoms with Crippen molar-refractivity contribution in [3.63, 3.8) is 0 Å². The number of ether oxygens (including phenoxy) is 3. The number of halogens is 1. The quantitative estimate of drug-likeness (QED) is 0.717. The van der Waals surface area contributed by atoms with E-state index in [0.29, 0.717) is 22.6 Å². The number of aromatic amines is 1. The van der Waals surface area contributed by atoms with E-state index in [1.165, 1.54) is 12.1 Å². The number of aromatic nitrogens is 1. The summed E-state index contributed by atoms with van der Waals surface area (Å²) in [6.07, 6.45) is 0. The maximum Gasteiger partial charge on any atom is 0.355 e. The number of carbonyl (C=O) groups is 1. The molecule has 0 radical (unpaired) electrons. The summed E-state index contributed by atoms with van der Waals surface area (Å²) in [5.41, 5.74) is 4.55. The summed E-state index contributed by atoms with van der Waals surface area (Å²) in [7, 11) is 0. The molecule has 2 heterocycles. The van der Waals surface area contributed by atoms with E-state index >= 15 is 0 Å². The Balaban J connectivity index is 1.56. The van der Waals surface area contributed by atoms with Crippen molar-refractivity contribution in [2.24, 2.45) is 0 Å². The molecular formula is C20H18FNO4. The van der Waals surface area contributed by atoms with Crippen LogP contribution in [-0.4, -0.2) is 17.7 Å². The molecule has 0 unspecified atom stereocenters. The maximum absolute atomic E-state index is 13.8. The Bertz CT molecular complexity index is 1010. The molecule has 0 spiro atoms. The third-order valence-corrected chi connectivity index (χ3v) is 4.42. The van der Waals surface area contributed by atoms with E-state index in [-0.39, 0.29) is 20.0 Å². The second-order valence-electron chi connectivity index (χ2n) is 6.47. The highest BCUT2D eigenvalue weighted by Gasteiger charge is 2.19. The van der Waals surface area contributed by atoms with Gasteiger partial charge in [-0.3, -0.25) is 0 Å². The van der Waals surface area contributed by atoms with Crippen LogP contribution in [0.15, 0.2) is 30.3 Å². The second kappa shape index (κ2) is 6.46. The van der Waals surface area contributed by atoms with Gasteiger partial charge < -0.3 is 19.2 Å². The number of nitrogens with one attached hydrogen (secondary N) is 1. The van der Waals surface area contributed by atoms with Gasteiger partial charge in [0.15, 0.2) is 6.79 Å². The highest BCUT2D eigenvalue weighted by atomic mass is 19.1. The highest BCUT2D eigenvalue weighted by molar-refractivity contribution is 5.96. The van der Waals surface area contributed by atoms with E-state index in [4.69, 9.17) is 14.2 Å². The summed E-state index contributed by atoms with van der Waals surface area (Å²) in [6, 6.07) is 8.50. The summed E-state index contributed by atoms with van der Waals surface area (Å²) in [4.78, 5) is 15.5. The maximum atomic E-state index is 13.8. The fourth-order valence-electron chi connectivity index (χ4n) is 3.29. The number of carbonyl (C=O) groups excluding carboxylic acids is 1. The first-order chi connectivity index (χ1) is 12.5. The fourth-order valence-corrected chi connectivity index (χ4v) is 3.29. The first kappa shape index (κ1) is 16.6. The van der Waals surface area contributed by atoms with Gasteiger partial charge in [-0.25, -0.2) is 9.18 Å². The molecule has 1 N–H and O–H groups in total. The molecule has 0 amide bonds. The van der Waals surface area contributed by atoms with Crippen LogP contribution in [0.25, 0.3) is 10.9 Å². The molecule has 0 aliphatic carbocycles. The molecule has 0 atom stereocenters. The molecule has 1 aliphatic rings. The molecule has 6 heteroatoms. The van der Waals surface area contributed by atoms with E-state index in [9.17, 15) is 9.18 Å². The van der Waals surface area contributed by atoms with Gasteiger partial charge in [0.05, 0.1) is 6.61 Å². The molecule has 1 aromatic heterocycles. The second-order valence-corrected chi connectivity index (χ2v) is 6.47. The molecule has 134 valence electrons. The van der Waals surface area contributed by atoms with Gasteiger partial charge in [0.1, 0.15) is 23.9 Å². The van der Waals surface area contributed by atoms with Crippen molar-refractivity contribution in [2.45, 2.75) is 27.1 Å². The van der Waals surface area contributed by atoms with Gasteiger partial charge in [0.25, 0.3) is 0 Å². The van der Waals surface area contributed by atoms with Gasteiger partial charge in [0.2, 0.25) is 0 Å². The normalized spacial score (nSPS) is 13.3. The van der Waals surface area contributed by atoms with Crippen LogP contribution in [0.4, 0.5) is 4.39 Å². The fraction of sp³-hybridized carbons (Fsp3) is 0.250. The predicted molar refractivity (Wildman–Crippen MR) is 93.6 cm³/mol. The smallest absolute Gasteiger partial charge is 0.355 e. The van der Waals surface area contributed by atoms with Crippen molar-refractivity contribution in [3.8, 4) is 5.75 Å². The van der Waals surface area contributed by atoms with Crippen molar-refractivity contribution >= 4 is 16.9 Å². The van der Waals surface area contributed by atoms with Crippen LogP contribution in [0.2, 0.25) is 0 Å². The van der Waals surface area contributed by atoms with Crippen LogP contribution in [0, 0.1) is 19.7 Å². The standard InChI is InChI=1S/C20H18FNO4/c1-11-3-12(2)16-7-18(22-17(16)4-11)20(23)25-9-14-6-15(21)5-13-8-24-10-26-19(13)14/h3-7,22H,8-10H2,1-2H3. The molecule has 0 saturated heterocycles. The van der Waals surface area contributed by atoms with Gasteiger partial charge in [-0.1, -0.05) is 6.07 Å². The van der Waals surface area contributed by atoms with Crippen molar-refractivity contribution in [3.05, 3.63) is 64.1 Å². The molecule has 4 rings (SSSR count). The monoisotopic (exact) mass is 355 g/mol. The first-order valence-electron chi connectivity index (χ1n) is 8.30. The Labute approximate surface area is 149 Å². The minimum atomic E-state index is -0.497. The minimum Gasteiger partial charge on any atom is -0.467 e. The van der Waals surface area contributed by atoms with Crippen LogP contribution < -0.4 is 4.74 Å². The highest BCUT2D eigenvalue weighted by Crippen LogP contribution is 2.30. The molecule has 0 fully saturated rings. The van der Waals surface area contributed by atoms with Crippen molar-refractivity contribution in [2.75, 3.05) is 6.79 Å². The lowest BCUT2D eigenvalue weighted by Gasteiger charge is -2.20. The number of fused-ring (bicyclic) bond motifs is 2. The Morgan fingerprint density at radius 2 is 2.08 bits per heavy atom. The van der Waals surface area contributed by atoms with Crippen molar-refractivity contribution < 1.29 is 23.4 Å². The third kappa shape index (κ3) is 3.04. The molecule has 1 aliphatic heterocycles. The molecule has 0 bridgehead atoms. The van der Waals surface area contributed by atoms with Crippen LogP contribution in [0.5, 0.6) is 5.75 Å². The van der Waals surface area contributed by atoms with Crippen molar-refractivity contribution in [1.82, 2.24) is 4.98 Å². The average Bonchev–Trinajstić information content (AvgIpc) is 3.03. The number of benzene rings is 2. The van der Waals surface area contributed by atoms with Crippen LogP contribution in [0.1, 0.15) is 32.7 Å². The van der Waals surface area contributed by atoms with Gasteiger partial charge in [-0.15, -0.1) is 0 Å². The number of hydrogen-bond donors (Lipinski definition) is 1. The SMILES string of the molecule is Cc1cc(C)c2cc(C(=O)OCc3cc(F)cc4c3OCOC4)[nH]c2c1. The zero-order chi connectivity index (χ0) is 18.3. The predicted octanol–water partition coefficient (Wildman–Crippen LogP) is 4.15. The minimum absolute atomic E-state index is 0.0771. The van der Waals surface area contributed by atoms with E-state index in [1.54, 1.807) is 6.07 Å². The van der Waals surface area contributed by atoms with Crippen LogP contribution in [0.3, 0.4) is 0 Å². The summed E-state index contributed by atoms with van der Waals surface area (Å²) in [6.45, 7) is 4.29. The Morgan fingerprint density at radius 1 is 1.23 bits per heavy atom. The summed E-state index contributed by atoms with van der Waals surface area (Å²) < 4.78 is 29.7. The molecular weight excluding hydrogens is 337 g/mol. The summed E-state index contributed by atoms with van der Waals surface area (Å²) in [5, 5.41) is 0.978. The van der Waals surface area contributed by atoms with E-state index in [1.807, 2.05) is 19.9 Å². The summed E-state index contributed by atoms with van der Waals surface area (Å²) >= 11 is 0. The van der Waals surface area contributed by atoms with E-state index < -0.39 is 11.8 Å². The topological polar surface area (TPSA) is 60.6 Å². The lowest BCUT2D eigenvalue weighted by atomic mass is 10.1. The van der Waals surface area contributed by atoms with Gasteiger partial charge >= 0.3 is 5.97 Å². The number of rotatable bonds is 3. The Morgan fingerprint density at radius 3 is 2.92 bits per heavy atom. The first-order valence-corrected chi connectivity index (χ1v) is 8.30. The lowest BCUT2D eigenvalue weighted by Crippen LogP contribution is -2.15. The molecule has 3 aromatic rings.